The topological polar surface area (TPSA) is 77.5 Å². The molecule has 3 aromatic rings. The minimum atomic E-state index is -0.536. The van der Waals surface area contributed by atoms with E-state index < -0.39 is 12.4 Å². The molecule has 1 saturated heterocycles. The Hall–Kier alpha value is -2.58. The lowest BCUT2D eigenvalue weighted by molar-refractivity contribution is 0.0968. The fourth-order valence-electron chi connectivity index (χ4n) is 6.49. The van der Waals surface area contributed by atoms with E-state index in [0.29, 0.717) is 23.1 Å². The van der Waals surface area contributed by atoms with E-state index in [2.05, 4.69) is 27.6 Å². The van der Waals surface area contributed by atoms with Gasteiger partial charge in [0.1, 0.15) is 5.82 Å². The van der Waals surface area contributed by atoms with Crippen LogP contribution in [0.15, 0.2) is 36.5 Å². The van der Waals surface area contributed by atoms with E-state index in [-0.39, 0.29) is 28.3 Å². The molecule has 1 aliphatic heterocycles. The Morgan fingerprint density at radius 1 is 1.07 bits per heavy atom. The van der Waals surface area contributed by atoms with Crippen molar-refractivity contribution in [2.24, 2.45) is 11.8 Å². The fraction of sp³-hybridized carbons (Fsp3) is 0.500. The summed E-state index contributed by atoms with van der Waals surface area (Å²) in [6.07, 6.45) is 9.31. The van der Waals surface area contributed by atoms with Crippen LogP contribution in [0, 0.1) is 17.7 Å². The lowest BCUT2D eigenvalue weighted by atomic mass is 9.85. The first-order chi connectivity index (χ1) is 19.4. The predicted octanol–water partition coefficient (Wildman–Crippen LogP) is 6.04. The van der Waals surface area contributed by atoms with Crippen LogP contribution < -0.4 is 10.6 Å². The second-order valence-electron chi connectivity index (χ2n) is 11.9. The van der Waals surface area contributed by atoms with Crippen molar-refractivity contribution in [2.75, 3.05) is 32.0 Å². The number of likely N-dealkylation sites (tertiary alicyclic amines) is 1. The lowest BCUT2D eigenvalue weighted by Gasteiger charge is -2.32. The molecule has 1 unspecified atom stereocenters. The van der Waals surface area contributed by atoms with Crippen molar-refractivity contribution in [3.63, 3.8) is 0 Å². The Morgan fingerprint density at radius 3 is 2.55 bits per heavy atom. The molecule has 6 rings (SSSR count). The highest BCUT2D eigenvalue weighted by Crippen LogP contribution is 2.39. The molecule has 2 heterocycles. The number of fused-ring (bicyclic) bond motifs is 1. The van der Waals surface area contributed by atoms with Crippen LogP contribution in [0.2, 0.25) is 5.02 Å². The van der Waals surface area contributed by atoms with Gasteiger partial charge in [-0.05, 0) is 99.8 Å². The van der Waals surface area contributed by atoms with Crippen LogP contribution in [0.4, 0.5) is 10.1 Å². The summed E-state index contributed by atoms with van der Waals surface area (Å²) in [6.45, 7) is 3.04. The maximum absolute atomic E-state index is 14.6. The van der Waals surface area contributed by atoms with Crippen molar-refractivity contribution in [1.29, 1.82) is 0 Å². The Balaban J connectivity index is 1.26. The first-order valence-electron chi connectivity index (χ1n) is 14.7. The number of hydrogen-bond acceptors (Lipinski definition) is 6. The summed E-state index contributed by atoms with van der Waals surface area (Å²) in [5.41, 5.74) is 3.79. The van der Waals surface area contributed by atoms with Crippen molar-refractivity contribution >= 4 is 34.0 Å². The minimum Gasteiger partial charge on any atom is -0.392 e. The van der Waals surface area contributed by atoms with Crippen LogP contribution in [0.25, 0.3) is 22.0 Å². The third kappa shape index (κ3) is 5.75. The number of aliphatic hydroxyl groups is 1. The van der Waals surface area contributed by atoms with E-state index in [1.807, 2.05) is 18.2 Å². The van der Waals surface area contributed by atoms with Gasteiger partial charge in [0.25, 0.3) is 0 Å². The summed E-state index contributed by atoms with van der Waals surface area (Å²) >= 11 is 6.28. The van der Waals surface area contributed by atoms with Gasteiger partial charge in [-0.25, -0.2) is 4.39 Å². The molecule has 3 aliphatic rings. The van der Waals surface area contributed by atoms with Gasteiger partial charge in [0.15, 0.2) is 5.78 Å². The number of halogens is 2. The largest absolute Gasteiger partial charge is 0.392 e. The molecule has 1 aromatic heterocycles. The third-order valence-electron chi connectivity index (χ3n) is 9.11. The number of carbonyl (C=O) groups is 1. The van der Waals surface area contributed by atoms with Crippen molar-refractivity contribution in [3.8, 4) is 11.1 Å². The van der Waals surface area contributed by atoms with Crippen LogP contribution in [0.5, 0.6) is 0 Å². The molecule has 1 atom stereocenters. The highest BCUT2D eigenvalue weighted by atomic mass is 35.5. The van der Waals surface area contributed by atoms with Gasteiger partial charge >= 0.3 is 0 Å². The lowest BCUT2D eigenvalue weighted by Crippen LogP contribution is -2.35. The number of likely N-dealkylation sites (N-methyl/N-ethyl adjacent to an activating group) is 1. The zero-order chi connectivity index (χ0) is 27.8. The summed E-state index contributed by atoms with van der Waals surface area (Å²) in [6, 6.07) is 9.78. The normalized spacial score (nSPS) is 23.6. The molecule has 2 aliphatic carbocycles. The summed E-state index contributed by atoms with van der Waals surface area (Å²) in [7, 11) is 2.05. The van der Waals surface area contributed by atoms with Gasteiger partial charge in [-0.2, -0.15) is 0 Å². The van der Waals surface area contributed by atoms with E-state index in [9.17, 15) is 14.3 Å². The molecular formula is C32H38ClFN4O2. The number of nitrogens with zero attached hydrogens (tertiary/aromatic N) is 2. The number of pyridine rings is 1. The van der Waals surface area contributed by atoms with Crippen LogP contribution in [-0.4, -0.2) is 59.5 Å². The second-order valence-corrected chi connectivity index (χ2v) is 12.3. The van der Waals surface area contributed by atoms with Crippen LogP contribution in [0.3, 0.4) is 0 Å². The molecule has 0 bridgehead atoms. The predicted molar refractivity (Wildman–Crippen MR) is 158 cm³/mol. The van der Waals surface area contributed by atoms with Gasteiger partial charge in [0.2, 0.25) is 0 Å². The summed E-state index contributed by atoms with van der Waals surface area (Å²) in [4.78, 5) is 20.6. The summed E-state index contributed by atoms with van der Waals surface area (Å²) in [5.74, 6) is 0.417. The van der Waals surface area contributed by atoms with E-state index in [0.717, 1.165) is 54.4 Å². The first-order valence-corrected chi connectivity index (χ1v) is 15.0. The molecule has 3 N–H and O–H groups in total. The average molecular weight is 565 g/mol. The monoisotopic (exact) mass is 564 g/mol. The fourth-order valence-corrected chi connectivity index (χ4v) is 6.76. The first kappa shape index (κ1) is 27.6. The number of hydrogen-bond donors (Lipinski definition) is 3. The van der Waals surface area contributed by atoms with Gasteiger partial charge in [-0.3, -0.25) is 9.78 Å². The Kier molecular flexibility index (Phi) is 8.09. The van der Waals surface area contributed by atoms with Gasteiger partial charge in [-0.15, -0.1) is 0 Å². The molecular weight excluding hydrogens is 527 g/mol. The molecule has 8 heteroatoms. The van der Waals surface area contributed by atoms with Crippen LogP contribution >= 0.6 is 11.6 Å². The van der Waals surface area contributed by atoms with E-state index in [4.69, 9.17) is 11.6 Å². The number of aromatic nitrogens is 1. The molecule has 2 saturated carbocycles. The minimum absolute atomic E-state index is 0.0829. The van der Waals surface area contributed by atoms with Crippen molar-refractivity contribution < 1.29 is 14.3 Å². The number of rotatable bonds is 9. The molecule has 6 nitrogen and oxygen atoms in total. The zero-order valence-corrected chi connectivity index (χ0v) is 23.8. The number of Topliss-reactive ketones (excluding diaryl/α,β-unsaturated/α-hetero) is 1. The molecule has 212 valence electrons. The number of nitrogens with one attached hydrogen (secondary N) is 2. The molecule has 0 spiro atoms. The van der Waals surface area contributed by atoms with Crippen molar-refractivity contribution in [1.82, 2.24) is 15.2 Å². The van der Waals surface area contributed by atoms with E-state index in [1.54, 1.807) is 12.3 Å². The molecule has 3 fully saturated rings. The molecule has 2 aromatic carbocycles. The Morgan fingerprint density at radius 2 is 1.88 bits per heavy atom. The maximum Gasteiger partial charge on any atom is 0.169 e. The van der Waals surface area contributed by atoms with Gasteiger partial charge in [0, 0.05) is 53.3 Å². The Labute approximate surface area is 240 Å². The highest BCUT2D eigenvalue weighted by molar-refractivity contribution is 6.31. The van der Waals surface area contributed by atoms with Gasteiger partial charge < -0.3 is 20.6 Å². The number of anilines is 1. The average Bonchev–Trinajstić information content (AvgIpc) is 3.72. The van der Waals surface area contributed by atoms with Crippen molar-refractivity contribution in [3.05, 3.63) is 58.5 Å². The smallest absolute Gasteiger partial charge is 0.169 e. The highest BCUT2D eigenvalue weighted by Gasteiger charge is 2.33. The van der Waals surface area contributed by atoms with Crippen LogP contribution in [-0.2, 0) is 6.61 Å². The standard InChI is InChI=1S/C32H38ClFN4O2/c1-35-24-10-11-38(17-24)16-19-2-7-23(8-3-19)37-31-25-12-21(22-13-28(33)27(18-39)29(34)14-22)6-9-30(25)36-15-26(31)32(40)20-4-5-20/h6,9,12-15,19-20,23-24,35,39H,2-5,7-8,10-11,16-18H2,1H3,(H,36,37). The van der Waals surface area contributed by atoms with E-state index >= 15 is 0 Å². The summed E-state index contributed by atoms with van der Waals surface area (Å²) in [5, 5.41) is 17.7. The SMILES string of the molecule is CNC1CCN(CC2CCC(Nc3c(C(=O)C4CC4)cnc4ccc(-c5cc(F)c(CO)c(Cl)c5)cc34)CC2)C1. The van der Waals surface area contributed by atoms with Crippen LogP contribution in [0.1, 0.15) is 60.9 Å². The molecule has 0 radical (unpaired) electrons. The van der Waals surface area contributed by atoms with Crippen molar-refractivity contribution in [2.45, 2.75) is 63.6 Å². The number of carbonyl (C=O) groups excluding carboxylic acids is 1. The van der Waals surface area contributed by atoms with E-state index in [1.165, 1.54) is 38.4 Å². The quantitative estimate of drug-likeness (QED) is 0.275. The Bertz CT molecular complexity index is 1380. The number of aliphatic hydroxyl groups excluding tert-OH is 1. The summed E-state index contributed by atoms with van der Waals surface area (Å²) < 4.78 is 14.6. The number of ketones is 1. The third-order valence-corrected chi connectivity index (χ3v) is 9.44. The molecule has 0 amide bonds. The molecule has 40 heavy (non-hydrogen) atoms. The van der Waals surface area contributed by atoms with Gasteiger partial charge in [0.05, 0.1) is 23.4 Å². The zero-order valence-electron chi connectivity index (χ0n) is 23.1. The second kappa shape index (κ2) is 11.7. The number of benzene rings is 2. The van der Waals surface area contributed by atoms with Gasteiger partial charge in [-0.1, -0.05) is 17.7 Å². The maximum atomic E-state index is 14.6.